The van der Waals surface area contributed by atoms with Gasteiger partial charge in [-0.25, -0.2) is 4.39 Å². The number of guanidine groups is 1. The summed E-state index contributed by atoms with van der Waals surface area (Å²) in [6.07, 6.45) is 1.15. The van der Waals surface area contributed by atoms with Crippen molar-refractivity contribution >= 4 is 11.6 Å². The van der Waals surface area contributed by atoms with Gasteiger partial charge in [0.2, 0.25) is 0 Å². The van der Waals surface area contributed by atoms with E-state index in [1.807, 2.05) is 26.2 Å². The van der Waals surface area contributed by atoms with Crippen LogP contribution >= 0.6 is 0 Å². The molecular formula is C19H30FN5O. The van der Waals surface area contributed by atoms with Crippen molar-refractivity contribution in [3.05, 3.63) is 29.6 Å². The fourth-order valence-corrected chi connectivity index (χ4v) is 3.71. The molecule has 2 heterocycles. The highest BCUT2D eigenvalue weighted by molar-refractivity contribution is 5.80. The Hall–Kier alpha value is -1.86. The zero-order chi connectivity index (χ0) is 18.5. The lowest BCUT2D eigenvalue weighted by molar-refractivity contribution is 0.0195. The first-order valence-electron chi connectivity index (χ1n) is 9.31. The van der Waals surface area contributed by atoms with Crippen LogP contribution in [0.2, 0.25) is 0 Å². The maximum absolute atomic E-state index is 14.1. The number of hydrogen-bond acceptors (Lipinski definition) is 4. The van der Waals surface area contributed by atoms with Crippen molar-refractivity contribution in [2.45, 2.75) is 19.0 Å². The number of halogens is 1. The molecule has 0 aliphatic carbocycles. The number of morpholine rings is 1. The largest absolute Gasteiger partial charge is 0.379 e. The summed E-state index contributed by atoms with van der Waals surface area (Å²) in [6.45, 7) is 6.24. The van der Waals surface area contributed by atoms with Crippen LogP contribution in [0.1, 0.15) is 12.0 Å². The fourth-order valence-electron chi connectivity index (χ4n) is 3.71. The minimum atomic E-state index is -0.196. The van der Waals surface area contributed by atoms with Crippen LogP contribution < -0.4 is 10.2 Å². The van der Waals surface area contributed by atoms with Crippen LogP contribution in [0.4, 0.5) is 10.1 Å². The third kappa shape index (κ3) is 4.45. The van der Waals surface area contributed by atoms with Crippen molar-refractivity contribution in [1.29, 1.82) is 0 Å². The van der Waals surface area contributed by atoms with Crippen molar-refractivity contribution in [1.82, 2.24) is 15.1 Å². The van der Waals surface area contributed by atoms with Gasteiger partial charge in [0.15, 0.2) is 5.96 Å². The average molecular weight is 363 g/mol. The van der Waals surface area contributed by atoms with Gasteiger partial charge in [0.25, 0.3) is 0 Å². The molecule has 1 aromatic rings. The van der Waals surface area contributed by atoms with Crippen molar-refractivity contribution in [2.75, 3.05) is 65.4 Å². The van der Waals surface area contributed by atoms with Crippen LogP contribution in [0.3, 0.4) is 0 Å². The third-order valence-electron chi connectivity index (χ3n) is 5.18. The normalized spacial score (nSPS) is 21.9. The predicted molar refractivity (Wildman–Crippen MR) is 103 cm³/mol. The number of nitrogens with zero attached hydrogens (tertiary/aromatic N) is 4. The summed E-state index contributed by atoms with van der Waals surface area (Å²) in [5, 5.41) is 3.38. The monoisotopic (exact) mass is 363 g/mol. The molecule has 1 aromatic carbocycles. The molecule has 0 amide bonds. The standard InChI is InChI=1S/C19H30FN5O/c1-21-19(22-13-15-4-5-18(23(2)3)17(20)12-15)25-7-6-16(14-25)24-8-10-26-11-9-24/h4-5,12,16H,6-11,13-14H2,1-3H3,(H,21,22). The Morgan fingerprint density at radius 1 is 1.31 bits per heavy atom. The van der Waals surface area contributed by atoms with Gasteiger partial charge >= 0.3 is 0 Å². The second-order valence-electron chi connectivity index (χ2n) is 7.12. The molecule has 0 spiro atoms. The predicted octanol–water partition coefficient (Wildman–Crippen LogP) is 1.37. The van der Waals surface area contributed by atoms with Crippen LogP contribution in [0.5, 0.6) is 0 Å². The number of nitrogens with one attached hydrogen (secondary N) is 1. The third-order valence-corrected chi connectivity index (χ3v) is 5.18. The molecule has 26 heavy (non-hydrogen) atoms. The van der Waals surface area contributed by atoms with E-state index in [4.69, 9.17) is 4.74 Å². The Morgan fingerprint density at radius 2 is 2.08 bits per heavy atom. The summed E-state index contributed by atoms with van der Waals surface area (Å²) in [5.41, 5.74) is 1.52. The highest BCUT2D eigenvalue weighted by Crippen LogP contribution is 2.19. The number of anilines is 1. The number of hydrogen-bond donors (Lipinski definition) is 1. The number of aliphatic imine (C=N–C) groups is 1. The Labute approximate surface area is 155 Å². The molecule has 2 fully saturated rings. The van der Waals surface area contributed by atoms with Crippen LogP contribution in [0, 0.1) is 5.82 Å². The molecule has 1 unspecified atom stereocenters. The van der Waals surface area contributed by atoms with Gasteiger partial charge < -0.3 is 19.9 Å². The van der Waals surface area contributed by atoms with Crippen LogP contribution in [-0.4, -0.2) is 82.3 Å². The molecule has 0 saturated carbocycles. The lowest BCUT2D eigenvalue weighted by Crippen LogP contribution is -2.46. The van der Waals surface area contributed by atoms with Gasteiger partial charge in [-0.05, 0) is 24.1 Å². The molecule has 3 rings (SSSR count). The SMILES string of the molecule is CN=C(NCc1ccc(N(C)C)c(F)c1)N1CCC(N2CCOCC2)C1. The van der Waals surface area contributed by atoms with E-state index in [1.54, 1.807) is 18.0 Å². The molecule has 6 nitrogen and oxygen atoms in total. The van der Waals surface area contributed by atoms with Gasteiger partial charge in [-0.3, -0.25) is 9.89 Å². The van der Waals surface area contributed by atoms with Crippen molar-refractivity contribution < 1.29 is 9.13 Å². The Bertz CT molecular complexity index is 630. The van der Waals surface area contributed by atoms with Gasteiger partial charge in [-0.2, -0.15) is 0 Å². The van der Waals surface area contributed by atoms with Gasteiger partial charge in [-0.15, -0.1) is 0 Å². The van der Waals surface area contributed by atoms with Crippen molar-refractivity contribution in [3.63, 3.8) is 0 Å². The smallest absolute Gasteiger partial charge is 0.193 e. The number of likely N-dealkylation sites (tertiary alicyclic amines) is 1. The van der Waals surface area contributed by atoms with Crippen molar-refractivity contribution in [2.24, 2.45) is 4.99 Å². The summed E-state index contributed by atoms with van der Waals surface area (Å²) in [4.78, 5) is 11.0. The Balaban J connectivity index is 1.54. The molecule has 0 radical (unpaired) electrons. The zero-order valence-corrected chi connectivity index (χ0v) is 16.0. The summed E-state index contributed by atoms with van der Waals surface area (Å²) < 4.78 is 19.6. The van der Waals surface area contributed by atoms with E-state index in [0.29, 0.717) is 18.3 Å². The minimum Gasteiger partial charge on any atom is -0.379 e. The zero-order valence-electron chi connectivity index (χ0n) is 16.0. The molecule has 144 valence electrons. The molecule has 0 aromatic heterocycles. The van der Waals surface area contributed by atoms with Gasteiger partial charge in [0.1, 0.15) is 5.82 Å². The molecule has 1 N–H and O–H groups in total. The highest BCUT2D eigenvalue weighted by Gasteiger charge is 2.30. The van der Waals surface area contributed by atoms with Crippen LogP contribution in [0.15, 0.2) is 23.2 Å². The lowest BCUT2D eigenvalue weighted by atomic mass is 10.2. The first kappa shape index (κ1) is 18.9. The second-order valence-corrected chi connectivity index (χ2v) is 7.12. The highest BCUT2D eigenvalue weighted by atomic mass is 19.1. The van der Waals surface area contributed by atoms with Gasteiger partial charge in [-0.1, -0.05) is 6.07 Å². The number of benzene rings is 1. The topological polar surface area (TPSA) is 43.3 Å². The van der Waals surface area contributed by atoms with E-state index in [9.17, 15) is 4.39 Å². The Morgan fingerprint density at radius 3 is 2.73 bits per heavy atom. The van der Waals surface area contributed by atoms with Crippen LogP contribution in [0.25, 0.3) is 0 Å². The molecule has 2 saturated heterocycles. The van der Waals surface area contributed by atoms with Gasteiger partial charge in [0.05, 0.1) is 18.9 Å². The summed E-state index contributed by atoms with van der Waals surface area (Å²) >= 11 is 0. The maximum Gasteiger partial charge on any atom is 0.193 e. The first-order valence-corrected chi connectivity index (χ1v) is 9.31. The maximum atomic E-state index is 14.1. The first-order chi connectivity index (χ1) is 12.6. The molecule has 1 atom stereocenters. The molecule has 7 heteroatoms. The van der Waals surface area contributed by atoms with E-state index in [2.05, 4.69) is 20.1 Å². The second kappa shape index (κ2) is 8.68. The fraction of sp³-hybridized carbons (Fsp3) is 0.632. The van der Waals surface area contributed by atoms with E-state index >= 15 is 0 Å². The van der Waals surface area contributed by atoms with Crippen LogP contribution in [-0.2, 0) is 11.3 Å². The average Bonchev–Trinajstić information content (AvgIpc) is 3.13. The molecule has 0 bridgehead atoms. The quantitative estimate of drug-likeness (QED) is 0.647. The summed E-state index contributed by atoms with van der Waals surface area (Å²) in [6, 6.07) is 5.93. The van der Waals surface area contributed by atoms with E-state index in [1.165, 1.54) is 0 Å². The number of ether oxygens (including phenoxy) is 1. The van der Waals surface area contributed by atoms with E-state index < -0.39 is 0 Å². The molecule has 2 aliphatic heterocycles. The van der Waals surface area contributed by atoms with E-state index in [0.717, 1.165) is 57.3 Å². The summed E-state index contributed by atoms with van der Waals surface area (Å²) in [7, 11) is 5.49. The molecular weight excluding hydrogens is 333 g/mol. The minimum absolute atomic E-state index is 0.196. The Kier molecular flexibility index (Phi) is 6.32. The molecule has 2 aliphatic rings. The summed E-state index contributed by atoms with van der Waals surface area (Å²) in [5.74, 6) is 0.690. The van der Waals surface area contributed by atoms with E-state index in [-0.39, 0.29) is 5.82 Å². The van der Waals surface area contributed by atoms with Gasteiger partial charge in [0, 0.05) is 59.9 Å². The van der Waals surface area contributed by atoms with Crippen molar-refractivity contribution in [3.8, 4) is 0 Å². The lowest BCUT2D eigenvalue weighted by Gasteiger charge is -2.32. The number of rotatable bonds is 4.